The Labute approximate surface area is 199 Å². The third-order valence-corrected chi connectivity index (χ3v) is 4.57. The summed E-state index contributed by atoms with van der Waals surface area (Å²) in [7, 11) is 0. The summed E-state index contributed by atoms with van der Waals surface area (Å²) in [6, 6.07) is 17.8. The van der Waals surface area contributed by atoms with Gasteiger partial charge in [-0.05, 0) is 41.8 Å². The van der Waals surface area contributed by atoms with Crippen molar-refractivity contribution in [3.8, 4) is 0 Å². The van der Waals surface area contributed by atoms with Gasteiger partial charge in [-0.25, -0.2) is 4.99 Å². The van der Waals surface area contributed by atoms with Crippen molar-refractivity contribution in [3.05, 3.63) is 128 Å². The number of hydrogen-bond donors (Lipinski definition) is 2. The summed E-state index contributed by atoms with van der Waals surface area (Å²) < 4.78 is 0. The largest absolute Gasteiger partial charge is 0.305 e. The Morgan fingerprint density at radius 1 is 1.00 bits per heavy atom. The molecule has 0 unspecified atom stereocenters. The number of non-ortho nitro benzene ring substituents is 1. The molecule has 176 valence electrons. The minimum Gasteiger partial charge on any atom is -0.305 e. The lowest BCUT2D eigenvalue weighted by atomic mass is 10.1. The maximum Gasteiger partial charge on any atom is 0.301 e. The smallest absolute Gasteiger partial charge is 0.301 e. The molecular formula is C24H20N6O5. The van der Waals surface area contributed by atoms with Crippen LogP contribution in [0.2, 0.25) is 0 Å². The van der Waals surface area contributed by atoms with Crippen LogP contribution >= 0.6 is 0 Å². The van der Waals surface area contributed by atoms with E-state index in [1.807, 2.05) is 30.3 Å². The van der Waals surface area contributed by atoms with E-state index in [-0.39, 0.29) is 11.4 Å². The molecule has 3 rings (SSSR count). The molecule has 11 nitrogen and oxygen atoms in total. The summed E-state index contributed by atoms with van der Waals surface area (Å²) in [6.07, 6.45) is 8.28. The zero-order valence-electron chi connectivity index (χ0n) is 18.3. The summed E-state index contributed by atoms with van der Waals surface area (Å²) in [5.41, 5.74) is 6.46. The second kappa shape index (κ2) is 12.2. The zero-order valence-corrected chi connectivity index (χ0v) is 18.3. The van der Waals surface area contributed by atoms with Gasteiger partial charge in [-0.3, -0.25) is 35.4 Å². The van der Waals surface area contributed by atoms with Gasteiger partial charge < -0.3 is 5.43 Å². The second-order valence-corrected chi connectivity index (χ2v) is 7.02. The van der Waals surface area contributed by atoms with Crippen molar-refractivity contribution in [2.24, 2.45) is 4.99 Å². The molecule has 0 aliphatic rings. The number of aromatic nitrogens is 1. The van der Waals surface area contributed by atoms with E-state index in [0.29, 0.717) is 6.42 Å². The minimum absolute atomic E-state index is 0.0143. The average molecular weight is 472 g/mol. The van der Waals surface area contributed by atoms with E-state index >= 15 is 0 Å². The SMILES string of the molecule is O=C(NN/C=C(/C=C\C=Nc1ccc([N+](=O)[O-])cc1[N+](=O)[O-])Cc1ccccc1)c1ccccn1. The van der Waals surface area contributed by atoms with Crippen LogP contribution in [0.4, 0.5) is 17.1 Å². The highest BCUT2D eigenvalue weighted by atomic mass is 16.6. The lowest BCUT2D eigenvalue weighted by Gasteiger charge is -2.07. The Balaban J connectivity index is 1.74. The first kappa shape index (κ1) is 24.5. The van der Waals surface area contributed by atoms with Crippen LogP contribution in [0.5, 0.6) is 0 Å². The molecule has 11 heteroatoms. The van der Waals surface area contributed by atoms with E-state index < -0.39 is 27.1 Å². The molecule has 0 aliphatic carbocycles. The van der Waals surface area contributed by atoms with Gasteiger partial charge in [0.05, 0.1) is 15.9 Å². The Hall–Kier alpha value is -5.19. The molecule has 0 fully saturated rings. The van der Waals surface area contributed by atoms with E-state index in [1.54, 1.807) is 36.6 Å². The van der Waals surface area contributed by atoms with Crippen molar-refractivity contribution < 1.29 is 14.6 Å². The molecule has 35 heavy (non-hydrogen) atoms. The molecule has 0 radical (unpaired) electrons. The Bertz CT molecular complexity index is 1290. The standard InChI is InChI=1S/C24H20N6O5/c31-24(22-10-4-5-13-26-22)28-27-17-19(15-18-7-2-1-3-8-18)9-6-14-25-21-12-11-20(29(32)33)16-23(21)30(34)35/h1-14,16-17,27H,15H2,(H,28,31)/b9-6-,19-17-,25-14?. The summed E-state index contributed by atoms with van der Waals surface area (Å²) in [5, 5.41) is 22.1. The fraction of sp³-hybridized carbons (Fsp3) is 0.0417. The number of nitrogens with zero attached hydrogens (tertiary/aromatic N) is 4. The molecule has 1 amide bonds. The fourth-order valence-corrected chi connectivity index (χ4v) is 2.92. The quantitative estimate of drug-likeness (QED) is 0.194. The lowest BCUT2D eigenvalue weighted by Crippen LogP contribution is -2.34. The van der Waals surface area contributed by atoms with Crippen LogP contribution in [0.1, 0.15) is 16.1 Å². The van der Waals surface area contributed by atoms with E-state index in [2.05, 4.69) is 20.8 Å². The number of nitro benzene ring substituents is 2. The molecule has 2 N–H and O–H groups in total. The maximum atomic E-state index is 12.2. The average Bonchev–Trinajstić information content (AvgIpc) is 2.87. The van der Waals surface area contributed by atoms with E-state index in [0.717, 1.165) is 23.3 Å². The molecule has 1 heterocycles. The van der Waals surface area contributed by atoms with Crippen LogP contribution in [-0.4, -0.2) is 27.0 Å². The number of hydrogen-bond acceptors (Lipinski definition) is 8. The van der Waals surface area contributed by atoms with Crippen LogP contribution in [0.15, 0.2) is 102 Å². The van der Waals surface area contributed by atoms with Crippen molar-refractivity contribution in [2.75, 3.05) is 0 Å². The van der Waals surface area contributed by atoms with Crippen LogP contribution in [0.25, 0.3) is 0 Å². The van der Waals surface area contributed by atoms with Crippen molar-refractivity contribution in [1.82, 2.24) is 15.8 Å². The highest BCUT2D eigenvalue weighted by Gasteiger charge is 2.18. The number of benzene rings is 2. The number of amides is 1. The third kappa shape index (κ3) is 7.43. The van der Waals surface area contributed by atoms with Gasteiger partial charge in [0.1, 0.15) is 11.4 Å². The number of allylic oxidation sites excluding steroid dienone is 3. The Morgan fingerprint density at radius 2 is 1.77 bits per heavy atom. The van der Waals surface area contributed by atoms with Crippen molar-refractivity contribution >= 4 is 29.2 Å². The summed E-state index contributed by atoms with van der Waals surface area (Å²) in [5.74, 6) is -0.406. The van der Waals surface area contributed by atoms with Crippen LogP contribution in [-0.2, 0) is 6.42 Å². The Morgan fingerprint density at radius 3 is 2.46 bits per heavy atom. The molecule has 3 aromatic rings. The van der Waals surface area contributed by atoms with Gasteiger partial charge in [0.25, 0.3) is 11.6 Å². The molecule has 0 bridgehead atoms. The van der Waals surface area contributed by atoms with Gasteiger partial charge in [0, 0.05) is 24.7 Å². The molecule has 0 aliphatic heterocycles. The van der Waals surface area contributed by atoms with Crippen molar-refractivity contribution in [3.63, 3.8) is 0 Å². The fourth-order valence-electron chi connectivity index (χ4n) is 2.92. The van der Waals surface area contributed by atoms with E-state index in [1.165, 1.54) is 18.5 Å². The number of rotatable bonds is 10. The second-order valence-electron chi connectivity index (χ2n) is 7.02. The Kier molecular flexibility index (Phi) is 8.49. The normalized spacial score (nSPS) is 11.5. The van der Waals surface area contributed by atoms with E-state index in [9.17, 15) is 25.0 Å². The number of nitro groups is 2. The number of nitrogens with one attached hydrogen (secondary N) is 2. The molecule has 0 atom stereocenters. The highest BCUT2D eigenvalue weighted by molar-refractivity contribution is 5.91. The summed E-state index contributed by atoms with van der Waals surface area (Å²) >= 11 is 0. The topological polar surface area (TPSA) is 153 Å². The first-order valence-corrected chi connectivity index (χ1v) is 10.3. The van der Waals surface area contributed by atoms with Gasteiger partial charge in [-0.1, -0.05) is 42.5 Å². The van der Waals surface area contributed by atoms with Gasteiger partial charge >= 0.3 is 5.69 Å². The first-order valence-electron chi connectivity index (χ1n) is 10.3. The number of hydrazine groups is 1. The molecule has 1 aromatic heterocycles. The highest BCUT2D eigenvalue weighted by Crippen LogP contribution is 2.30. The molecule has 2 aromatic carbocycles. The lowest BCUT2D eigenvalue weighted by molar-refractivity contribution is -0.393. The summed E-state index contributed by atoms with van der Waals surface area (Å²) in [4.78, 5) is 40.9. The third-order valence-electron chi connectivity index (χ3n) is 4.57. The van der Waals surface area contributed by atoms with Crippen LogP contribution < -0.4 is 10.9 Å². The predicted octanol–water partition coefficient (Wildman–Crippen LogP) is 4.22. The van der Waals surface area contributed by atoms with Crippen molar-refractivity contribution in [1.29, 1.82) is 0 Å². The number of aliphatic imine (C=N–C) groups is 1. The van der Waals surface area contributed by atoms with Gasteiger partial charge in [0.2, 0.25) is 0 Å². The maximum absolute atomic E-state index is 12.2. The molecule has 0 saturated heterocycles. The van der Waals surface area contributed by atoms with Gasteiger partial charge in [-0.2, -0.15) is 0 Å². The predicted molar refractivity (Wildman–Crippen MR) is 130 cm³/mol. The minimum atomic E-state index is -0.724. The van der Waals surface area contributed by atoms with Crippen LogP contribution in [0, 0.1) is 20.2 Å². The molecule has 0 saturated carbocycles. The van der Waals surface area contributed by atoms with Gasteiger partial charge in [-0.15, -0.1) is 0 Å². The molecule has 0 spiro atoms. The number of pyridine rings is 1. The number of carbonyl (C=O) groups excluding carboxylic acids is 1. The zero-order chi connectivity index (χ0) is 25.0. The number of carbonyl (C=O) groups is 1. The van der Waals surface area contributed by atoms with Crippen LogP contribution in [0.3, 0.4) is 0 Å². The monoisotopic (exact) mass is 472 g/mol. The summed E-state index contributed by atoms with van der Waals surface area (Å²) in [6.45, 7) is 0. The molecular weight excluding hydrogens is 452 g/mol. The van der Waals surface area contributed by atoms with Crippen molar-refractivity contribution in [2.45, 2.75) is 6.42 Å². The first-order chi connectivity index (χ1) is 16.9. The van der Waals surface area contributed by atoms with Gasteiger partial charge in [0.15, 0.2) is 0 Å². The van der Waals surface area contributed by atoms with E-state index in [4.69, 9.17) is 0 Å².